The van der Waals surface area contributed by atoms with Gasteiger partial charge in [0.1, 0.15) is 0 Å². The lowest BCUT2D eigenvalue weighted by molar-refractivity contribution is -0.145. The molecule has 1 N–H and O–H groups in total. The van der Waals surface area contributed by atoms with Gasteiger partial charge >= 0.3 is 5.97 Å². The summed E-state index contributed by atoms with van der Waals surface area (Å²) in [6, 6.07) is 0. The number of rotatable bonds is 3. The van der Waals surface area contributed by atoms with Crippen LogP contribution in [0.1, 0.15) is 39.0 Å². The van der Waals surface area contributed by atoms with Crippen molar-refractivity contribution >= 4 is 5.97 Å². The molecule has 0 saturated heterocycles. The summed E-state index contributed by atoms with van der Waals surface area (Å²) >= 11 is 0. The molecule has 2 nitrogen and oxygen atoms in total. The van der Waals surface area contributed by atoms with Crippen LogP contribution in [0.5, 0.6) is 0 Å². The first kappa shape index (κ1) is 9.30. The number of carbonyl (C=O) groups is 1. The Morgan fingerprint density at radius 1 is 1.50 bits per heavy atom. The Morgan fingerprint density at radius 3 is 2.50 bits per heavy atom. The van der Waals surface area contributed by atoms with Crippen LogP contribution in [-0.4, -0.2) is 11.1 Å². The quantitative estimate of drug-likeness (QED) is 0.658. The van der Waals surface area contributed by atoms with Crippen LogP contribution in [0.2, 0.25) is 0 Å². The van der Waals surface area contributed by atoms with E-state index >= 15 is 0 Å². The molecular formula is C10H16O2. The number of hydrogen-bond donors (Lipinski definition) is 1. The van der Waals surface area contributed by atoms with Gasteiger partial charge in [0.25, 0.3) is 0 Å². The lowest BCUT2D eigenvalue weighted by Crippen LogP contribution is -2.24. The molecule has 0 aromatic rings. The highest BCUT2D eigenvalue weighted by molar-refractivity contribution is 5.77. The van der Waals surface area contributed by atoms with Gasteiger partial charge in [-0.15, -0.1) is 0 Å². The first-order valence-corrected chi connectivity index (χ1v) is 4.62. The molecule has 1 aliphatic rings. The van der Waals surface area contributed by atoms with Gasteiger partial charge in [-0.3, -0.25) is 4.79 Å². The highest BCUT2D eigenvalue weighted by Gasteiger charge is 2.38. The highest BCUT2D eigenvalue weighted by Crippen LogP contribution is 2.39. The number of allylic oxidation sites excluding steroid dienone is 1. The molecule has 0 heterocycles. The summed E-state index contributed by atoms with van der Waals surface area (Å²) in [5, 5.41) is 9.04. The summed E-state index contributed by atoms with van der Waals surface area (Å²) in [6.07, 6.45) is 8.54. The van der Waals surface area contributed by atoms with Crippen molar-refractivity contribution < 1.29 is 9.90 Å². The standard InChI is InChI=1S/C10H16O2/c1-2-3-6-10(9(11)12)7-4-5-8-10/h3,6H,2,4-5,7-8H2,1H3,(H,11,12). The fourth-order valence-electron chi connectivity index (χ4n) is 1.80. The maximum absolute atomic E-state index is 11.0. The summed E-state index contributed by atoms with van der Waals surface area (Å²) in [5.74, 6) is -0.648. The first-order chi connectivity index (χ1) is 5.71. The minimum atomic E-state index is -0.648. The van der Waals surface area contributed by atoms with Crippen molar-refractivity contribution in [3.8, 4) is 0 Å². The van der Waals surface area contributed by atoms with Crippen LogP contribution in [0.15, 0.2) is 12.2 Å². The molecule has 2 heteroatoms. The predicted molar refractivity (Wildman–Crippen MR) is 48.0 cm³/mol. The monoisotopic (exact) mass is 168 g/mol. The number of hydrogen-bond acceptors (Lipinski definition) is 1. The van der Waals surface area contributed by atoms with E-state index in [0.29, 0.717) is 0 Å². The zero-order valence-electron chi connectivity index (χ0n) is 7.55. The molecule has 12 heavy (non-hydrogen) atoms. The van der Waals surface area contributed by atoms with Gasteiger partial charge in [0.15, 0.2) is 0 Å². The molecule has 0 atom stereocenters. The number of carboxylic acids is 1. The van der Waals surface area contributed by atoms with Gasteiger partial charge in [0.2, 0.25) is 0 Å². The molecule has 1 rings (SSSR count). The summed E-state index contributed by atoms with van der Waals surface area (Å²) in [5.41, 5.74) is -0.518. The van der Waals surface area contributed by atoms with Crippen LogP contribution in [-0.2, 0) is 4.79 Å². The van der Waals surface area contributed by atoms with Gasteiger partial charge in [-0.2, -0.15) is 0 Å². The first-order valence-electron chi connectivity index (χ1n) is 4.62. The third-order valence-electron chi connectivity index (χ3n) is 2.59. The lowest BCUT2D eigenvalue weighted by Gasteiger charge is -2.18. The van der Waals surface area contributed by atoms with Gasteiger partial charge in [-0.05, 0) is 19.3 Å². The second-order valence-electron chi connectivity index (χ2n) is 3.48. The summed E-state index contributed by atoms with van der Waals surface area (Å²) < 4.78 is 0. The fraction of sp³-hybridized carbons (Fsp3) is 0.700. The fourth-order valence-corrected chi connectivity index (χ4v) is 1.80. The molecule has 68 valence electrons. The van der Waals surface area contributed by atoms with Crippen LogP contribution < -0.4 is 0 Å². The predicted octanol–water partition coefficient (Wildman–Crippen LogP) is 2.60. The maximum atomic E-state index is 11.0. The van der Waals surface area contributed by atoms with Crippen molar-refractivity contribution in [1.82, 2.24) is 0 Å². The van der Waals surface area contributed by atoms with Crippen LogP contribution in [0, 0.1) is 5.41 Å². The molecule has 0 aromatic heterocycles. The second kappa shape index (κ2) is 3.74. The lowest BCUT2D eigenvalue weighted by atomic mass is 9.86. The largest absolute Gasteiger partial charge is 0.481 e. The van der Waals surface area contributed by atoms with Crippen molar-refractivity contribution in [2.45, 2.75) is 39.0 Å². The smallest absolute Gasteiger partial charge is 0.313 e. The van der Waals surface area contributed by atoms with Crippen LogP contribution >= 0.6 is 0 Å². The second-order valence-corrected chi connectivity index (χ2v) is 3.48. The van der Waals surface area contributed by atoms with E-state index in [-0.39, 0.29) is 0 Å². The number of aliphatic carboxylic acids is 1. The molecule has 1 aliphatic carbocycles. The Morgan fingerprint density at radius 2 is 2.08 bits per heavy atom. The van der Waals surface area contributed by atoms with Crippen LogP contribution in [0.25, 0.3) is 0 Å². The van der Waals surface area contributed by atoms with E-state index in [4.69, 9.17) is 5.11 Å². The van der Waals surface area contributed by atoms with Gasteiger partial charge in [0, 0.05) is 0 Å². The van der Waals surface area contributed by atoms with Crippen LogP contribution in [0.3, 0.4) is 0 Å². The summed E-state index contributed by atoms with van der Waals surface area (Å²) in [6.45, 7) is 2.03. The molecule has 1 saturated carbocycles. The molecule has 0 spiro atoms. The zero-order chi connectivity index (χ0) is 9.03. The van der Waals surface area contributed by atoms with E-state index in [1.165, 1.54) is 0 Å². The SMILES string of the molecule is CCC=CC1(C(=O)O)CCCC1. The minimum absolute atomic E-state index is 0.518. The minimum Gasteiger partial charge on any atom is -0.481 e. The van der Waals surface area contributed by atoms with Crippen molar-refractivity contribution in [3.63, 3.8) is 0 Å². The molecule has 0 radical (unpaired) electrons. The van der Waals surface area contributed by atoms with E-state index in [1.54, 1.807) is 0 Å². The van der Waals surface area contributed by atoms with Gasteiger partial charge in [0.05, 0.1) is 5.41 Å². The van der Waals surface area contributed by atoms with Crippen molar-refractivity contribution in [2.75, 3.05) is 0 Å². The van der Waals surface area contributed by atoms with Crippen LogP contribution in [0.4, 0.5) is 0 Å². The maximum Gasteiger partial charge on any atom is 0.313 e. The molecule has 0 bridgehead atoms. The van der Waals surface area contributed by atoms with E-state index in [9.17, 15) is 4.79 Å². The zero-order valence-corrected chi connectivity index (χ0v) is 7.55. The Labute approximate surface area is 73.3 Å². The van der Waals surface area contributed by atoms with E-state index in [1.807, 2.05) is 19.1 Å². The molecule has 0 aromatic carbocycles. The normalized spacial score (nSPS) is 21.8. The Bertz CT molecular complexity index is 188. The van der Waals surface area contributed by atoms with Gasteiger partial charge < -0.3 is 5.11 Å². The van der Waals surface area contributed by atoms with Crippen molar-refractivity contribution in [1.29, 1.82) is 0 Å². The Kier molecular flexibility index (Phi) is 2.90. The molecule has 0 aliphatic heterocycles. The topological polar surface area (TPSA) is 37.3 Å². The Hall–Kier alpha value is -0.790. The van der Waals surface area contributed by atoms with Gasteiger partial charge in [-0.1, -0.05) is 31.9 Å². The molecule has 0 unspecified atom stereocenters. The third kappa shape index (κ3) is 1.68. The highest BCUT2D eigenvalue weighted by atomic mass is 16.4. The summed E-state index contributed by atoms with van der Waals surface area (Å²) in [7, 11) is 0. The third-order valence-corrected chi connectivity index (χ3v) is 2.59. The van der Waals surface area contributed by atoms with E-state index < -0.39 is 11.4 Å². The van der Waals surface area contributed by atoms with Crippen molar-refractivity contribution in [2.24, 2.45) is 5.41 Å². The van der Waals surface area contributed by atoms with E-state index in [2.05, 4.69) is 0 Å². The van der Waals surface area contributed by atoms with Gasteiger partial charge in [-0.25, -0.2) is 0 Å². The molecular weight excluding hydrogens is 152 g/mol. The van der Waals surface area contributed by atoms with Crippen molar-refractivity contribution in [3.05, 3.63) is 12.2 Å². The average Bonchev–Trinajstić information content (AvgIpc) is 2.50. The Balaban J connectivity index is 2.72. The average molecular weight is 168 g/mol. The number of carboxylic acid groups (broad SMARTS) is 1. The molecule has 1 fully saturated rings. The summed E-state index contributed by atoms with van der Waals surface area (Å²) in [4.78, 5) is 11.0. The van der Waals surface area contributed by atoms with E-state index in [0.717, 1.165) is 32.1 Å². The molecule has 0 amide bonds.